The van der Waals surface area contributed by atoms with Crippen molar-refractivity contribution >= 4 is 33.5 Å². The molecule has 1 fully saturated rings. The summed E-state index contributed by atoms with van der Waals surface area (Å²) in [7, 11) is 0. The minimum atomic E-state index is -0.756. The second-order valence-electron chi connectivity index (χ2n) is 3.88. The van der Waals surface area contributed by atoms with Crippen LogP contribution < -0.4 is 5.32 Å². The second kappa shape index (κ2) is 4.73. The molecule has 1 heterocycles. The maximum atomic E-state index is 11.1. The van der Waals surface area contributed by atoms with Crippen LogP contribution in [0.25, 0.3) is 0 Å². The third-order valence-corrected chi connectivity index (χ3v) is 4.14. The Morgan fingerprint density at radius 2 is 2.25 bits per heavy atom. The van der Waals surface area contributed by atoms with Crippen LogP contribution in [0.3, 0.4) is 0 Å². The third kappa shape index (κ3) is 2.24. The molecule has 2 rings (SSSR count). The lowest BCUT2D eigenvalue weighted by atomic mass is 9.89. The van der Waals surface area contributed by atoms with Crippen molar-refractivity contribution in [3.05, 3.63) is 33.3 Å². The highest BCUT2D eigenvalue weighted by atomic mass is 79.9. The highest BCUT2D eigenvalue weighted by molar-refractivity contribution is 9.10. The highest BCUT2D eigenvalue weighted by Gasteiger charge is 2.33. The van der Waals surface area contributed by atoms with Crippen molar-refractivity contribution in [1.29, 1.82) is 0 Å². The van der Waals surface area contributed by atoms with Crippen molar-refractivity contribution in [2.75, 3.05) is 13.1 Å². The van der Waals surface area contributed by atoms with Gasteiger partial charge in [0.05, 0.1) is 10.9 Å². The number of hydrogen-bond acceptors (Lipinski definition) is 2. The van der Waals surface area contributed by atoms with E-state index in [4.69, 9.17) is 16.7 Å². The molecule has 3 nitrogen and oxygen atoms in total. The smallest absolute Gasteiger partial charge is 0.308 e. The van der Waals surface area contributed by atoms with Gasteiger partial charge in [-0.25, -0.2) is 0 Å². The van der Waals surface area contributed by atoms with Gasteiger partial charge in [-0.2, -0.15) is 0 Å². The largest absolute Gasteiger partial charge is 0.481 e. The zero-order valence-electron chi connectivity index (χ0n) is 8.41. The Kier molecular flexibility index (Phi) is 3.52. The zero-order valence-corrected chi connectivity index (χ0v) is 10.8. The van der Waals surface area contributed by atoms with Gasteiger partial charge in [0.1, 0.15) is 0 Å². The number of carboxylic acid groups (broad SMARTS) is 1. The molecule has 2 atom stereocenters. The maximum absolute atomic E-state index is 11.1. The molecule has 2 N–H and O–H groups in total. The molecule has 2 unspecified atom stereocenters. The van der Waals surface area contributed by atoms with Crippen molar-refractivity contribution in [3.8, 4) is 0 Å². The summed E-state index contributed by atoms with van der Waals surface area (Å²) in [5, 5.41) is 12.8. The van der Waals surface area contributed by atoms with E-state index in [0.29, 0.717) is 18.1 Å². The second-order valence-corrected chi connectivity index (χ2v) is 5.14. The van der Waals surface area contributed by atoms with Gasteiger partial charge in [-0.15, -0.1) is 0 Å². The quantitative estimate of drug-likeness (QED) is 0.882. The van der Waals surface area contributed by atoms with Crippen molar-refractivity contribution in [2.24, 2.45) is 5.92 Å². The van der Waals surface area contributed by atoms with E-state index in [1.165, 1.54) is 0 Å². The SMILES string of the molecule is O=C(O)C1CNCC1c1ccc(Br)c(Cl)c1. The molecule has 1 saturated heterocycles. The van der Waals surface area contributed by atoms with Gasteiger partial charge in [0, 0.05) is 23.5 Å². The van der Waals surface area contributed by atoms with Crippen LogP contribution in [0.15, 0.2) is 22.7 Å². The van der Waals surface area contributed by atoms with Gasteiger partial charge < -0.3 is 10.4 Å². The van der Waals surface area contributed by atoms with E-state index in [1.54, 1.807) is 0 Å². The van der Waals surface area contributed by atoms with Crippen LogP contribution in [0.5, 0.6) is 0 Å². The summed E-state index contributed by atoms with van der Waals surface area (Å²) in [6.07, 6.45) is 0. The Bertz CT molecular complexity index is 424. The number of benzene rings is 1. The summed E-state index contributed by atoms with van der Waals surface area (Å²) in [5.41, 5.74) is 0.977. The number of nitrogens with one attached hydrogen (secondary N) is 1. The molecule has 1 aromatic rings. The van der Waals surface area contributed by atoms with Crippen molar-refractivity contribution in [3.63, 3.8) is 0 Å². The van der Waals surface area contributed by atoms with Gasteiger partial charge >= 0.3 is 5.97 Å². The van der Waals surface area contributed by atoms with Gasteiger partial charge in [0.25, 0.3) is 0 Å². The van der Waals surface area contributed by atoms with Crippen molar-refractivity contribution in [2.45, 2.75) is 5.92 Å². The normalized spacial score (nSPS) is 24.6. The molecule has 1 aliphatic rings. The number of carboxylic acids is 1. The summed E-state index contributed by atoms with van der Waals surface area (Å²) in [5.74, 6) is -1.12. The molecule has 86 valence electrons. The minimum absolute atomic E-state index is 0.00287. The van der Waals surface area contributed by atoms with Crippen LogP contribution in [0.2, 0.25) is 5.02 Å². The first-order valence-electron chi connectivity index (χ1n) is 4.98. The third-order valence-electron chi connectivity index (χ3n) is 2.90. The van der Waals surface area contributed by atoms with Crippen LogP contribution in [0.1, 0.15) is 11.5 Å². The first-order chi connectivity index (χ1) is 7.59. The predicted octanol–water partition coefficient (Wildman–Crippen LogP) is 2.49. The van der Waals surface area contributed by atoms with Crippen molar-refractivity contribution < 1.29 is 9.90 Å². The van der Waals surface area contributed by atoms with Crippen LogP contribution in [0.4, 0.5) is 0 Å². The topological polar surface area (TPSA) is 49.3 Å². The Morgan fingerprint density at radius 3 is 2.88 bits per heavy atom. The molecular weight excluding hydrogens is 293 g/mol. The van der Waals surface area contributed by atoms with E-state index in [-0.39, 0.29) is 11.8 Å². The van der Waals surface area contributed by atoms with Crippen LogP contribution >= 0.6 is 27.5 Å². The molecule has 0 saturated carbocycles. The van der Waals surface area contributed by atoms with Gasteiger partial charge in [-0.1, -0.05) is 17.7 Å². The number of hydrogen-bond donors (Lipinski definition) is 2. The van der Waals surface area contributed by atoms with E-state index >= 15 is 0 Å². The Hall–Kier alpha value is -0.580. The molecule has 0 aliphatic carbocycles. The molecular formula is C11H11BrClNO2. The summed E-state index contributed by atoms with van der Waals surface area (Å²) >= 11 is 9.32. The van der Waals surface area contributed by atoms with Gasteiger partial charge in [-0.05, 0) is 33.6 Å². The van der Waals surface area contributed by atoms with Crippen LogP contribution in [0, 0.1) is 5.92 Å². The molecule has 5 heteroatoms. The zero-order chi connectivity index (χ0) is 11.7. The average Bonchev–Trinajstić information content (AvgIpc) is 2.71. The van der Waals surface area contributed by atoms with E-state index < -0.39 is 5.97 Å². The first kappa shape index (κ1) is 11.9. The molecule has 0 spiro atoms. The Balaban J connectivity index is 2.29. The minimum Gasteiger partial charge on any atom is -0.481 e. The van der Waals surface area contributed by atoms with E-state index in [1.807, 2.05) is 18.2 Å². The number of aliphatic carboxylic acids is 1. The maximum Gasteiger partial charge on any atom is 0.308 e. The summed E-state index contributed by atoms with van der Waals surface area (Å²) in [6, 6.07) is 5.61. The molecule has 1 aromatic carbocycles. The summed E-state index contributed by atoms with van der Waals surface area (Å²) < 4.78 is 0.829. The predicted molar refractivity (Wildman–Crippen MR) is 65.9 cm³/mol. The number of carbonyl (C=O) groups is 1. The average molecular weight is 305 g/mol. The molecule has 0 bridgehead atoms. The standard InChI is InChI=1S/C11H11BrClNO2/c12-9-2-1-6(3-10(9)13)7-4-14-5-8(7)11(15)16/h1-3,7-8,14H,4-5H2,(H,15,16). The van der Waals surface area contributed by atoms with Gasteiger partial charge in [-0.3, -0.25) is 4.79 Å². The fraction of sp³-hybridized carbons (Fsp3) is 0.364. The van der Waals surface area contributed by atoms with Crippen LogP contribution in [-0.4, -0.2) is 24.2 Å². The fourth-order valence-corrected chi connectivity index (χ4v) is 2.47. The lowest BCUT2D eigenvalue weighted by Gasteiger charge is -2.15. The number of rotatable bonds is 2. The molecule has 1 aliphatic heterocycles. The monoisotopic (exact) mass is 303 g/mol. The van der Waals surface area contributed by atoms with Gasteiger partial charge in [0.2, 0.25) is 0 Å². The summed E-state index contributed by atoms with van der Waals surface area (Å²) in [4.78, 5) is 11.1. The van der Waals surface area contributed by atoms with E-state index in [0.717, 1.165) is 10.0 Å². The fourth-order valence-electron chi connectivity index (χ4n) is 2.03. The Labute approximate surface area is 107 Å². The molecule has 0 radical (unpaired) electrons. The molecule has 0 aromatic heterocycles. The van der Waals surface area contributed by atoms with Crippen molar-refractivity contribution in [1.82, 2.24) is 5.32 Å². The summed E-state index contributed by atoms with van der Waals surface area (Å²) in [6.45, 7) is 1.21. The molecule has 0 amide bonds. The molecule has 16 heavy (non-hydrogen) atoms. The number of halogens is 2. The highest BCUT2D eigenvalue weighted by Crippen LogP contribution is 2.32. The van der Waals surface area contributed by atoms with Crippen LogP contribution in [-0.2, 0) is 4.79 Å². The van der Waals surface area contributed by atoms with E-state index in [9.17, 15) is 4.79 Å². The Morgan fingerprint density at radius 1 is 1.50 bits per heavy atom. The first-order valence-corrected chi connectivity index (χ1v) is 6.15. The lowest BCUT2D eigenvalue weighted by molar-refractivity contribution is -0.141. The van der Waals surface area contributed by atoms with E-state index in [2.05, 4.69) is 21.2 Å². The lowest BCUT2D eigenvalue weighted by Crippen LogP contribution is -2.20. The van der Waals surface area contributed by atoms with Gasteiger partial charge in [0.15, 0.2) is 0 Å².